The average Bonchev–Trinajstić information content (AvgIpc) is 2.41. The monoisotopic (exact) mass is 276 g/mol. The summed E-state index contributed by atoms with van der Waals surface area (Å²) in [6, 6.07) is 8.05. The number of rotatable bonds is 4. The van der Waals surface area contributed by atoms with Gasteiger partial charge in [0.05, 0.1) is 0 Å². The molecule has 1 aliphatic heterocycles. The molecule has 110 valence electrons. The van der Waals surface area contributed by atoms with E-state index in [-0.39, 0.29) is 11.9 Å². The molecular weight excluding hydrogens is 252 g/mol. The highest BCUT2D eigenvalue weighted by molar-refractivity contribution is 5.81. The molecule has 1 amide bonds. The Labute approximate surface area is 121 Å². The van der Waals surface area contributed by atoms with Gasteiger partial charge in [-0.2, -0.15) is 0 Å². The average molecular weight is 276 g/mol. The molecule has 0 aliphatic carbocycles. The molecule has 4 nitrogen and oxygen atoms in total. The minimum atomic E-state index is -0.462. The number of carbonyl (C=O) groups excluding carboxylic acids is 1. The Morgan fingerprint density at radius 3 is 2.75 bits per heavy atom. The predicted octanol–water partition coefficient (Wildman–Crippen LogP) is 1.97. The second-order valence-electron chi connectivity index (χ2n) is 5.66. The lowest BCUT2D eigenvalue weighted by Gasteiger charge is -2.30. The summed E-state index contributed by atoms with van der Waals surface area (Å²) >= 11 is 0. The van der Waals surface area contributed by atoms with Gasteiger partial charge in [-0.3, -0.25) is 4.79 Å². The van der Waals surface area contributed by atoms with E-state index in [9.17, 15) is 4.79 Å². The Bertz CT molecular complexity index is 454. The van der Waals surface area contributed by atoms with Crippen molar-refractivity contribution in [3.63, 3.8) is 0 Å². The number of ether oxygens (including phenoxy) is 1. The Hall–Kier alpha value is -1.55. The standard InChI is InChI=1S/C16H24N2O2/c1-12-5-4-6-15(11-12)20-13(2)16(19)17-14-7-9-18(3)10-8-14/h4-6,11,13-14H,7-10H2,1-3H3,(H,17,19)/t13-/m0/s1. The van der Waals surface area contributed by atoms with E-state index in [1.54, 1.807) is 6.92 Å². The van der Waals surface area contributed by atoms with Gasteiger partial charge in [-0.25, -0.2) is 0 Å². The van der Waals surface area contributed by atoms with E-state index >= 15 is 0 Å². The van der Waals surface area contributed by atoms with Gasteiger partial charge in [0.15, 0.2) is 6.10 Å². The predicted molar refractivity (Wildman–Crippen MR) is 79.9 cm³/mol. The molecule has 20 heavy (non-hydrogen) atoms. The third kappa shape index (κ3) is 4.23. The van der Waals surface area contributed by atoms with E-state index in [4.69, 9.17) is 4.74 Å². The normalized spacial score (nSPS) is 18.6. The van der Waals surface area contributed by atoms with Crippen LogP contribution in [0.15, 0.2) is 24.3 Å². The van der Waals surface area contributed by atoms with Crippen LogP contribution in [0.1, 0.15) is 25.3 Å². The number of nitrogens with zero attached hydrogens (tertiary/aromatic N) is 1. The van der Waals surface area contributed by atoms with Crippen molar-refractivity contribution in [2.45, 2.75) is 38.8 Å². The van der Waals surface area contributed by atoms with E-state index in [2.05, 4.69) is 17.3 Å². The van der Waals surface area contributed by atoms with Crippen molar-refractivity contribution in [2.75, 3.05) is 20.1 Å². The molecule has 4 heteroatoms. The number of hydrogen-bond donors (Lipinski definition) is 1. The number of likely N-dealkylation sites (tertiary alicyclic amines) is 1. The molecule has 0 unspecified atom stereocenters. The van der Waals surface area contributed by atoms with Gasteiger partial charge < -0.3 is 15.0 Å². The van der Waals surface area contributed by atoms with Gasteiger partial charge >= 0.3 is 0 Å². The van der Waals surface area contributed by atoms with E-state index in [0.717, 1.165) is 37.2 Å². The Balaban J connectivity index is 1.83. The van der Waals surface area contributed by atoms with Gasteiger partial charge in [0.25, 0.3) is 5.91 Å². The zero-order chi connectivity index (χ0) is 14.5. The van der Waals surface area contributed by atoms with Gasteiger partial charge in [-0.15, -0.1) is 0 Å². The van der Waals surface area contributed by atoms with Crippen LogP contribution in [0.4, 0.5) is 0 Å². The van der Waals surface area contributed by atoms with E-state index in [1.165, 1.54) is 0 Å². The number of amides is 1. The van der Waals surface area contributed by atoms with Crippen LogP contribution in [0.25, 0.3) is 0 Å². The first-order valence-corrected chi connectivity index (χ1v) is 7.27. The van der Waals surface area contributed by atoms with Crippen LogP contribution in [0.2, 0.25) is 0 Å². The van der Waals surface area contributed by atoms with Gasteiger partial charge in [0, 0.05) is 6.04 Å². The molecule has 0 spiro atoms. The fourth-order valence-electron chi connectivity index (χ4n) is 2.42. The summed E-state index contributed by atoms with van der Waals surface area (Å²) in [6.07, 6.45) is 1.56. The summed E-state index contributed by atoms with van der Waals surface area (Å²) in [7, 11) is 2.11. The zero-order valence-electron chi connectivity index (χ0n) is 12.6. The quantitative estimate of drug-likeness (QED) is 0.914. The molecule has 1 N–H and O–H groups in total. The van der Waals surface area contributed by atoms with Crippen LogP contribution in [0.5, 0.6) is 5.75 Å². The van der Waals surface area contributed by atoms with E-state index in [1.807, 2.05) is 31.2 Å². The molecule has 1 aliphatic rings. The fourth-order valence-corrected chi connectivity index (χ4v) is 2.42. The highest BCUT2D eigenvalue weighted by atomic mass is 16.5. The molecule has 1 fully saturated rings. The number of aryl methyl sites for hydroxylation is 1. The molecule has 0 saturated carbocycles. The van der Waals surface area contributed by atoms with Crippen molar-refractivity contribution in [1.29, 1.82) is 0 Å². The summed E-state index contributed by atoms with van der Waals surface area (Å²) in [4.78, 5) is 14.4. The second-order valence-corrected chi connectivity index (χ2v) is 5.66. The lowest BCUT2D eigenvalue weighted by atomic mass is 10.1. The van der Waals surface area contributed by atoms with Crippen molar-refractivity contribution in [1.82, 2.24) is 10.2 Å². The number of benzene rings is 1. The maximum atomic E-state index is 12.1. The summed E-state index contributed by atoms with van der Waals surface area (Å²) in [5.74, 6) is 0.720. The number of carbonyl (C=O) groups is 1. The zero-order valence-corrected chi connectivity index (χ0v) is 12.6. The lowest BCUT2D eigenvalue weighted by Crippen LogP contribution is -2.47. The topological polar surface area (TPSA) is 41.6 Å². The van der Waals surface area contributed by atoms with Crippen molar-refractivity contribution < 1.29 is 9.53 Å². The van der Waals surface area contributed by atoms with Gasteiger partial charge in [0.2, 0.25) is 0 Å². The third-order valence-electron chi connectivity index (χ3n) is 3.74. The largest absolute Gasteiger partial charge is 0.481 e. The molecule has 1 atom stereocenters. The number of nitrogens with one attached hydrogen (secondary N) is 1. The van der Waals surface area contributed by atoms with Crippen LogP contribution >= 0.6 is 0 Å². The Kier molecular flexibility index (Phi) is 5.01. The van der Waals surface area contributed by atoms with Crippen LogP contribution in [-0.4, -0.2) is 43.1 Å². The van der Waals surface area contributed by atoms with Gasteiger partial charge in [-0.1, -0.05) is 12.1 Å². The minimum absolute atomic E-state index is 0.0268. The summed E-state index contributed by atoms with van der Waals surface area (Å²) in [5, 5.41) is 3.08. The maximum absolute atomic E-state index is 12.1. The first kappa shape index (κ1) is 14.9. The first-order chi connectivity index (χ1) is 9.54. The van der Waals surface area contributed by atoms with Gasteiger partial charge in [0.1, 0.15) is 5.75 Å². The molecule has 2 rings (SSSR count). The molecule has 1 saturated heterocycles. The highest BCUT2D eigenvalue weighted by Gasteiger charge is 2.22. The SMILES string of the molecule is Cc1cccc(O[C@@H](C)C(=O)NC2CCN(C)CC2)c1. The third-order valence-corrected chi connectivity index (χ3v) is 3.74. The second kappa shape index (κ2) is 6.75. The van der Waals surface area contributed by atoms with Crippen LogP contribution < -0.4 is 10.1 Å². The molecule has 0 bridgehead atoms. The van der Waals surface area contributed by atoms with Crippen molar-refractivity contribution in [3.05, 3.63) is 29.8 Å². The lowest BCUT2D eigenvalue weighted by molar-refractivity contribution is -0.128. The molecular formula is C16H24N2O2. The summed E-state index contributed by atoms with van der Waals surface area (Å²) in [5.41, 5.74) is 1.13. The van der Waals surface area contributed by atoms with Crippen molar-refractivity contribution in [2.24, 2.45) is 0 Å². The smallest absolute Gasteiger partial charge is 0.260 e. The fraction of sp³-hybridized carbons (Fsp3) is 0.562. The van der Waals surface area contributed by atoms with Crippen molar-refractivity contribution >= 4 is 5.91 Å². The van der Waals surface area contributed by atoms with Gasteiger partial charge in [-0.05, 0) is 64.5 Å². The molecule has 1 heterocycles. The number of hydrogen-bond acceptors (Lipinski definition) is 3. The summed E-state index contributed by atoms with van der Waals surface area (Å²) in [6.45, 7) is 5.89. The van der Waals surface area contributed by atoms with Crippen LogP contribution in [0, 0.1) is 6.92 Å². The Morgan fingerprint density at radius 2 is 2.10 bits per heavy atom. The molecule has 1 aromatic rings. The summed E-state index contributed by atoms with van der Waals surface area (Å²) < 4.78 is 5.70. The van der Waals surface area contributed by atoms with Crippen LogP contribution in [-0.2, 0) is 4.79 Å². The van der Waals surface area contributed by atoms with Crippen LogP contribution in [0.3, 0.4) is 0 Å². The molecule has 0 radical (unpaired) electrons. The van der Waals surface area contributed by atoms with E-state index < -0.39 is 6.10 Å². The number of piperidine rings is 1. The van der Waals surface area contributed by atoms with Crippen molar-refractivity contribution in [3.8, 4) is 5.75 Å². The molecule has 1 aromatic carbocycles. The first-order valence-electron chi connectivity index (χ1n) is 7.27. The highest BCUT2D eigenvalue weighted by Crippen LogP contribution is 2.15. The minimum Gasteiger partial charge on any atom is -0.481 e. The maximum Gasteiger partial charge on any atom is 0.260 e. The van der Waals surface area contributed by atoms with E-state index in [0.29, 0.717) is 0 Å². The molecule has 0 aromatic heterocycles. The Morgan fingerprint density at radius 1 is 1.40 bits per heavy atom.